The molecule has 0 saturated carbocycles. The highest BCUT2D eigenvalue weighted by atomic mass is 32.2. The van der Waals surface area contributed by atoms with Gasteiger partial charge in [0, 0.05) is 23.6 Å². The molecule has 1 amide bonds. The fraction of sp³-hybridized carbons (Fsp3) is 0.133. The van der Waals surface area contributed by atoms with Crippen molar-refractivity contribution in [2.75, 3.05) is 34.4 Å². The number of rotatable bonds is 7. The van der Waals surface area contributed by atoms with Crippen molar-refractivity contribution in [2.24, 2.45) is 0 Å². The Morgan fingerprint density at radius 3 is 2.29 bits per heavy atom. The first-order chi connectivity index (χ1) is 12.9. The Hall–Kier alpha value is -2.87. The molecule has 2 aromatic rings. The molecule has 8 N–H and O–H groups in total. The van der Waals surface area contributed by atoms with E-state index in [4.69, 9.17) is 16.0 Å². The van der Waals surface area contributed by atoms with Gasteiger partial charge in [0.25, 0.3) is 26.1 Å². The number of hydrogen-bond acceptors (Lipinski definition) is 8. The highest BCUT2D eigenvalue weighted by molar-refractivity contribution is 7.86. The number of anilines is 4. The molecule has 0 radical (unpaired) electrons. The van der Waals surface area contributed by atoms with Crippen molar-refractivity contribution in [3.05, 3.63) is 42.0 Å². The third kappa shape index (κ3) is 5.82. The van der Waals surface area contributed by atoms with E-state index in [-0.39, 0.29) is 34.9 Å². The third-order valence-corrected chi connectivity index (χ3v) is 5.14. The van der Waals surface area contributed by atoms with E-state index in [2.05, 4.69) is 10.6 Å². The molecular weight excluding hydrogens is 412 g/mol. The number of carbonyl (C=O) groups is 1. The molecule has 0 aliphatic rings. The number of carbonyl (C=O) groups excluding carboxylic acids is 1. The maximum atomic E-state index is 12.6. The highest BCUT2D eigenvalue weighted by Gasteiger charge is 2.17. The summed E-state index contributed by atoms with van der Waals surface area (Å²) in [6, 6.07) is 7.77. The summed E-state index contributed by atoms with van der Waals surface area (Å²) in [7, 11) is -8.77. The molecule has 0 heterocycles. The van der Waals surface area contributed by atoms with E-state index in [1.54, 1.807) is 0 Å². The lowest BCUT2D eigenvalue weighted by atomic mass is 10.1. The average Bonchev–Trinajstić information content (AvgIpc) is 2.55. The molecule has 0 atom stereocenters. The van der Waals surface area contributed by atoms with Gasteiger partial charge in [0.1, 0.15) is 4.90 Å². The number of benzene rings is 2. The van der Waals surface area contributed by atoms with Crippen molar-refractivity contribution in [2.45, 2.75) is 4.90 Å². The minimum Gasteiger partial charge on any atom is -0.399 e. The summed E-state index contributed by atoms with van der Waals surface area (Å²) in [5.74, 6) is -1.26. The molecule has 0 aliphatic carbocycles. The van der Waals surface area contributed by atoms with Gasteiger partial charge in [0.15, 0.2) is 0 Å². The normalized spacial score (nSPS) is 11.8. The zero-order chi connectivity index (χ0) is 21.1. The molecule has 13 heteroatoms. The van der Waals surface area contributed by atoms with Gasteiger partial charge in [0.05, 0.1) is 17.0 Å². The molecule has 0 aromatic heterocycles. The largest absolute Gasteiger partial charge is 0.399 e. The van der Waals surface area contributed by atoms with Gasteiger partial charge >= 0.3 is 0 Å². The van der Waals surface area contributed by atoms with Crippen molar-refractivity contribution < 1.29 is 30.7 Å². The lowest BCUT2D eigenvalue weighted by Crippen LogP contribution is -2.19. The van der Waals surface area contributed by atoms with Crippen LogP contribution in [-0.4, -0.2) is 44.1 Å². The topological polar surface area (TPSA) is 202 Å². The molecular formula is C15H18N4O7S2. The summed E-state index contributed by atoms with van der Waals surface area (Å²) in [6.07, 6.45) is 0. The van der Waals surface area contributed by atoms with E-state index in [1.165, 1.54) is 30.3 Å². The number of nitrogen functional groups attached to an aromatic ring is 2. The van der Waals surface area contributed by atoms with E-state index in [0.717, 1.165) is 6.07 Å². The summed E-state index contributed by atoms with van der Waals surface area (Å²) in [5.41, 5.74) is 11.6. The van der Waals surface area contributed by atoms with E-state index < -0.39 is 36.8 Å². The van der Waals surface area contributed by atoms with Crippen LogP contribution >= 0.6 is 0 Å². The first-order valence-corrected chi connectivity index (χ1v) is 10.7. The Balaban J connectivity index is 2.28. The van der Waals surface area contributed by atoms with Gasteiger partial charge in [-0.1, -0.05) is 0 Å². The van der Waals surface area contributed by atoms with Crippen molar-refractivity contribution in [1.82, 2.24) is 0 Å². The van der Waals surface area contributed by atoms with Gasteiger partial charge in [-0.15, -0.1) is 0 Å². The second kappa shape index (κ2) is 8.02. The molecule has 0 bridgehead atoms. The maximum Gasteiger partial charge on any atom is 0.296 e. The fourth-order valence-electron chi connectivity index (χ4n) is 2.25. The standard InChI is InChI=1S/C15H18N4O7S2/c16-9-1-4-13(18-5-6-27(21,22)23)11(7-9)15(20)19-10-2-3-12(17)14(8-10)28(24,25)26/h1-4,7-8,18H,5-6,16-17H2,(H,19,20)(H,21,22,23)(H,24,25,26). The average molecular weight is 430 g/mol. The van der Waals surface area contributed by atoms with E-state index >= 15 is 0 Å². The summed E-state index contributed by atoms with van der Waals surface area (Å²) in [4.78, 5) is 12.0. The minimum absolute atomic E-state index is 0.0399. The third-order valence-electron chi connectivity index (χ3n) is 3.51. The van der Waals surface area contributed by atoms with Crippen molar-refractivity contribution in [1.29, 1.82) is 0 Å². The van der Waals surface area contributed by atoms with Crippen LogP contribution in [0.1, 0.15) is 10.4 Å². The van der Waals surface area contributed by atoms with Crippen LogP contribution < -0.4 is 22.1 Å². The SMILES string of the molecule is Nc1ccc(NCCS(=O)(=O)O)c(C(=O)Nc2ccc(N)c(S(=O)(=O)O)c2)c1. The summed E-state index contributed by atoms with van der Waals surface area (Å²) in [6.45, 7) is -0.169. The molecule has 2 rings (SSSR count). The quantitative estimate of drug-likeness (QED) is 0.267. The molecule has 2 aromatic carbocycles. The van der Waals surface area contributed by atoms with Crippen molar-refractivity contribution in [3.63, 3.8) is 0 Å². The summed E-state index contributed by atoms with van der Waals surface area (Å²) in [5, 5.41) is 5.14. The Kier molecular flexibility index (Phi) is 6.14. The van der Waals surface area contributed by atoms with Gasteiger partial charge in [-0.25, -0.2) is 0 Å². The number of nitrogens with two attached hydrogens (primary N) is 2. The number of hydrogen-bond donors (Lipinski definition) is 6. The van der Waals surface area contributed by atoms with Gasteiger partial charge in [-0.2, -0.15) is 16.8 Å². The molecule has 0 fully saturated rings. The summed E-state index contributed by atoms with van der Waals surface area (Å²) < 4.78 is 62.2. The van der Waals surface area contributed by atoms with Crippen molar-refractivity contribution >= 4 is 48.9 Å². The number of amides is 1. The summed E-state index contributed by atoms with van der Waals surface area (Å²) >= 11 is 0. The Labute approximate surface area is 161 Å². The Morgan fingerprint density at radius 2 is 1.68 bits per heavy atom. The molecule has 0 aliphatic heterocycles. The zero-order valence-corrected chi connectivity index (χ0v) is 15.9. The molecule has 0 unspecified atom stereocenters. The Morgan fingerprint density at radius 1 is 1.00 bits per heavy atom. The highest BCUT2D eigenvalue weighted by Crippen LogP contribution is 2.24. The lowest BCUT2D eigenvalue weighted by Gasteiger charge is -2.13. The second-order valence-corrected chi connectivity index (χ2v) is 8.66. The predicted octanol–water partition coefficient (Wildman–Crippen LogP) is 0.650. The van der Waals surface area contributed by atoms with E-state index in [1.807, 2.05) is 0 Å². The second-order valence-electron chi connectivity index (χ2n) is 5.70. The smallest absolute Gasteiger partial charge is 0.296 e. The molecule has 28 heavy (non-hydrogen) atoms. The van der Waals surface area contributed by atoms with Crippen LogP contribution in [0.25, 0.3) is 0 Å². The van der Waals surface area contributed by atoms with Gasteiger partial charge < -0.3 is 22.1 Å². The van der Waals surface area contributed by atoms with E-state index in [9.17, 15) is 26.2 Å². The van der Waals surface area contributed by atoms with Gasteiger partial charge in [-0.05, 0) is 36.4 Å². The van der Waals surface area contributed by atoms with E-state index in [0.29, 0.717) is 0 Å². The van der Waals surface area contributed by atoms with Gasteiger partial charge in [-0.3, -0.25) is 13.9 Å². The Bertz CT molecular complexity index is 1120. The monoisotopic (exact) mass is 430 g/mol. The van der Waals surface area contributed by atoms with Crippen LogP contribution in [-0.2, 0) is 20.2 Å². The van der Waals surface area contributed by atoms with Gasteiger partial charge in [0.2, 0.25) is 0 Å². The van der Waals surface area contributed by atoms with Crippen LogP contribution in [0.5, 0.6) is 0 Å². The van der Waals surface area contributed by atoms with Crippen LogP contribution in [0.4, 0.5) is 22.7 Å². The lowest BCUT2D eigenvalue weighted by molar-refractivity contribution is 0.102. The van der Waals surface area contributed by atoms with Crippen LogP contribution in [0, 0.1) is 0 Å². The fourth-order valence-corrected chi connectivity index (χ4v) is 3.25. The molecule has 0 spiro atoms. The first kappa shape index (κ1) is 21.4. The minimum atomic E-state index is -4.59. The molecule has 0 saturated heterocycles. The first-order valence-electron chi connectivity index (χ1n) is 7.64. The predicted molar refractivity (Wildman–Crippen MR) is 104 cm³/mol. The van der Waals surface area contributed by atoms with Crippen LogP contribution in [0.3, 0.4) is 0 Å². The maximum absolute atomic E-state index is 12.6. The number of nitrogens with one attached hydrogen (secondary N) is 2. The molecule has 11 nitrogen and oxygen atoms in total. The zero-order valence-electron chi connectivity index (χ0n) is 14.3. The van der Waals surface area contributed by atoms with Crippen molar-refractivity contribution in [3.8, 4) is 0 Å². The van der Waals surface area contributed by atoms with Crippen LogP contribution in [0.15, 0.2) is 41.3 Å². The van der Waals surface area contributed by atoms with Crippen LogP contribution in [0.2, 0.25) is 0 Å². The molecule has 152 valence electrons.